The van der Waals surface area contributed by atoms with E-state index in [0.29, 0.717) is 5.92 Å². The number of hydrogen-bond acceptors (Lipinski definition) is 2. The second-order valence-electron chi connectivity index (χ2n) is 4.76. The molecule has 92 valence electrons. The Bertz CT molecular complexity index is 429. The van der Waals surface area contributed by atoms with Crippen LogP contribution in [0.2, 0.25) is 0 Å². The van der Waals surface area contributed by atoms with Crippen molar-refractivity contribution in [3.63, 3.8) is 0 Å². The van der Waals surface area contributed by atoms with E-state index in [4.69, 9.17) is 5.73 Å². The van der Waals surface area contributed by atoms with E-state index in [-0.39, 0.29) is 5.91 Å². The van der Waals surface area contributed by atoms with Crippen LogP contribution in [0.1, 0.15) is 24.8 Å². The summed E-state index contributed by atoms with van der Waals surface area (Å²) in [7, 11) is 0. The number of nitrogens with one attached hydrogen (secondary N) is 1. The van der Waals surface area contributed by atoms with Gasteiger partial charge < -0.3 is 11.1 Å². The molecule has 1 fully saturated rings. The largest absolute Gasteiger partial charge is 0.324 e. The number of carbonyl (C=O) groups is 1. The maximum Gasteiger partial charge on any atom is 0.241 e. The topological polar surface area (TPSA) is 55.1 Å². The van der Waals surface area contributed by atoms with Crippen LogP contribution in [0, 0.1) is 12.8 Å². The molecule has 3 nitrogen and oxygen atoms in total. The van der Waals surface area contributed by atoms with Crippen molar-refractivity contribution in [2.24, 2.45) is 11.7 Å². The Morgan fingerprint density at radius 1 is 1.59 bits per heavy atom. The van der Waals surface area contributed by atoms with E-state index >= 15 is 0 Å². The molecular weight excluding hydrogens is 280 g/mol. The SMILES string of the molecule is Cc1ccc(NC(=O)[C@@H](N)CC2CC2)c(Br)c1. The Morgan fingerprint density at radius 3 is 2.88 bits per heavy atom. The average Bonchev–Trinajstić information content (AvgIpc) is 3.06. The molecule has 0 radical (unpaired) electrons. The van der Waals surface area contributed by atoms with Gasteiger partial charge in [0, 0.05) is 4.47 Å². The fourth-order valence-corrected chi connectivity index (χ4v) is 2.36. The first-order valence-corrected chi connectivity index (χ1v) is 6.68. The van der Waals surface area contributed by atoms with Crippen LogP contribution in [0.5, 0.6) is 0 Å². The number of carbonyl (C=O) groups excluding carboxylic acids is 1. The van der Waals surface area contributed by atoms with Crippen LogP contribution in [0.3, 0.4) is 0 Å². The molecule has 1 aliphatic carbocycles. The van der Waals surface area contributed by atoms with Crippen LogP contribution >= 0.6 is 15.9 Å². The van der Waals surface area contributed by atoms with E-state index in [0.717, 1.165) is 22.1 Å². The normalized spacial score (nSPS) is 16.6. The van der Waals surface area contributed by atoms with E-state index in [9.17, 15) is 4.79 Å². The third-order valence-corrected chi connectivity index (χ3v) is 3.66. The number of amides is 1. The second-order valence-corrected chi connectivity index (χ2v) is 5.61. The summed E-state index contributed by atoms with van der Waals surface area (Å²) in [6, 6.07) is 5.44. The highest BCUT2D eigenvalue weighted by molar-refractivity contribution is 9.10. The minimum Gasteiger partial charge on any atom is -0.324 e. The average molecular weight is 297 g/mol. The first-order chi connectivity index (χ1) is 8.06. The fraction of sp³-hybridized carbons (Fsp3) is 0.462. The maximum absolute atomic E-state index is 11.9. The van der Waals surface area contributed by atoms with Crippen LogP contribution < -0.4 is 11.1 Å². The minimum absolute atomic E-state index is 0.0959. The summed E-state index contributed by atoms with van der Waals surface area (Å²) in [4.78, 5) is 11.9. The smallest absolute Gasteiger partial charge is 0.241 e. The summed E-state index contributed by atoms with van der Waals surface area (Å²) >= 11 is 3.43. The van der Waals surface area contributed by atoms with Crippen molar-refractivity contribution < 1.29 is 4.79 Å². The Hall–Kier alpha value is -0.870. The Kier molecular flexibility index (Phi) is 3.84. The summed E-state index contributed by atoms with van der Waals surface area (Å²) in [6.45, 7) is 2.01. The molecule has 1 aliphatic rings. The van der Waals surface area contributed by atoms with Gasteiger partial charge in [0.2, 0.25) is 5.91 Å². The van der Waals surface area contributed by atoms with Crippen molar-refractivity contribution in [3.8, 4) is 0 Å². The number of rotatable bonds is 4. The monoisotopic (exact) mass is 296 g/mol. The molecule has 1 saturated carbocycles. The molecule has 2 rings (SSSR count). The van der Waals surface area contributed by atoms with Gasteiger partial charge in [0.1, 0.15) is 0 Å². The molecule has 4 heteroatoms. The highest BCUT2D eigenvalue weighted by Crippen LogP contribution is 2.33. The van der Waals surface area contributed by atoms with Gasteiger partial charge in [-0.1, -0.05) is 18.9 Å². The lowest BCUT2D eigenvalue weighted by Crippen LogP contribution is -2.36. The van der Waals surface area contributed by atoms with Crippen LogP contribution in [-0.2, 0) is 4.79 Å². The van der Waals surface area contributed by atoms with Crippen molar-refractivity contribution in [2.75, 3.05) is 5.32 Å². The van der Waals surface area contributed by atoms with Gasteiger partial charge in [-0.25, -0.2) is 0 Å². The molecule has 0 aromatic heterocycles. The first kappa shape index (κ1) is 12.6. The summed E-state index contributed by atoms with van der Waals surface area (Å²) in [5.41, 5.74) is 7.79. The van der Waals surface area contributed by atoms with E-state index in [2.05, 4.69) is 21.2 Å². The van der Waals surface area contributed by atoms with Crippen molar-refractivity contribution in [1.82, 2.24) is 0 Å². The molecule has 0 aliphatic heterocycles. The van der Waals surface area contributed by atoms with Crippen molar-refractivity contribution in [1.29, 1.82) is 0 Å². The van der Waals surface area contributed by atoms with Crippen LogP contribution in [0.25, 0.3) is 0 Å². The number of hydrogen-bond donors (Lipinski definition) is 2. The fourth-order valence-electron chi connectivity index (χ4n) is 1.77. The van der Waals surface area contributed by atoms with Gasteiger partial charge in [0.05, 0.1) is 11.7 Å². The molecule has 0 spiro atoms. The first-order valence-electron chi connectivity index (χ1n) is 5.89. The van der Waals surface area contributed by atoms with Crippen molar-refractivity contribution in [3.05, 3.63) is 28.2 Å². The molecule has 3 N–H and O–H groups in total. The van der Waals surface area contributed by atoms with Gasteiger partial charge >= 0.3 is 0 Å². The highest BCUT2D eigenvalue weighted by Gasteiger charge is 2.27. The maximum atomic E-state index is 11.9. The molecule has 0 heterocycles. The van der Waals surface area contributed by atoms with E-state index in [1.165, 1.54) is 12.8 Å². The number of halogens is 1. The predicted molar refractivity (Wildman–Crippen MR) is 72.8 cm³/mol. The molecule has 1 atom stereocenters. The molecule has 0 saturated heterocycles. The molecule has 1 aromatic carbocycles. The van der Waals surface area contributed by atoms with E-state index in [1.807, 2.05) is 25.1 Å². The molecular formula is C13H17BrN2O. The van der Waals surface area contributed by atoms with Crippen LogP contribution in [0.4, 0.5) is 5.69 Å². The van der Waals surface area contributed by atoms with Crippen molar-refractivity contribution >= 4 is 27.5 Å². The van der Waals surface area contributed by atoms with Gasteiger partial charge in [-0.05, 0) is 52.9 Å². The van der Waals surface area contributed by atoms with Crippen LogP contribution in [-0.4, -0.2) is 11.9 Å². The van der Waals surface area contributed by atoms with E-state index in [1.54, 1.807) is 0 Å². The zero-order valence-electron chi connectivity index (χ0n) is 9.87. The van der Waals surface area contributed by atoms with E-state index < -0.39 is 6.04 Å². The third-order valence-electron chi connectivity index (χ3n) is 3.00. The number of benzene rings is 1. The summed E-state index contributed by atoms with van der Waals surface area (Å²) in [6.07, 6.45) is 3.24. The molecule has 0 bridgehead atoms. The Balaban J connectivity index is 1.96. The zero-order chi connectivity index (χ0) is 12.4. The molecule has 17 heavy (non-hydrogen) atoms. The van der Waals surface area contributed by atoms with Gasteiger partial charge in [-0.2, -0.15) is 0 Å². The Labute approximate surface area is 110 Å². The minimum atomic E-state index is -0.393. The van der Waals surface area contributed by atoms with Gasteiger partial charge in [0.25, 0.3) is 0 Å². The summed E-state index contributed by atoms with van der Waals surface area (Å²) in [5, 5.41) is 2.86. The number of anilines is 1. The summed E-state index contributed by atoms with van der Waals surface area (Å²) < 4.78 is 0.893. The number of aryl methyl sites for hydroxylation is 1. The van der Waals surface area contributed by atoms with Gasteiger partial charge in [-0.15, -0.1) is 0 Å². The quantitative estimate of drug-likeness (QED) is 0.898. The molecule has 0 unspecified atom stereocenters. The summed E-state index contributed by atoms with van der Waals surface area (Å²) in [5.74, 6) is 0.568. The highest BCUT2D eigenvalue weighted by atomic mass is 79.9. The number of nitrogens with two attached hydrogens (primary N) is 1. The Morgan fingerprint density at radius 2 is 2.29 bits per heavy atom. The zero-order valence-corrected chi connectivity index (χ0v) is 11.5. The van der Waals surface area contributed by atoms with Crippen LogP contribution in [0.15, 0.2) is 22.7 Å². The lowest BCUT2D eigenvalue weighted by molar-refractivity contribution is -0.117. The standard InChI is InChI=1S/C13H17BrN2O/c1-8-2-5-12(10(14)6-8)16-13(17)11(15)7-9-3-4-9/h2,5-6,9,11H,3-4,7,15H2,1H3,(H,16,17)/t11-/m0/s1. The second kappa shape index (κ2) is 5.19. The van der Waals surface area contributed by atoms with Gasteiger partial charge in [0.15, 0.2) is 0 Å². The molecule has 1 aromatic rings. The lowest BCUT2D eigenvalue weighted by atomic mass is 10.1. The van der Waals surface area contributed by atoms with Crippen molar-refractivity contribution in [2.45, 2.75) is 32.2 Å². The lowest BCUT2D eigenvalue weighted by Gasteiger charge is -2.13. The molecule has 1 amide bonds. The predicted octanol–water partition coefficient (Wildman–Crippen LogP) is 2.82. The third kappa shape index (κ3) is 3.54. The van der Waals surface area contributed by atoms with Gasteiger partial charge in [-0.3, -0.25) is 4.79 Å².